The van der Waals surface area contributed by atoms with Gasteiger partial charge in [0, 0.05) is 11.6 Å². The van der Waals surface area contributed by atoms with Crippen molar-refractivity contribution in [3.63, 3.8) is 0 Å². The quantitative estimate of drug-likeness (QED) is 0.619. The lowest BCUT2D eigenvalue weighted by Crippen LogP contribution is -2.54. The summed E-state index contributed by atoms with van der Waals surface area (Å²) in [5.41, 5.74) is 6.34. The summed E-state index contributed by atoms with van der Waals surface area (Å²) in [5, 5.41) is 3.49. The first kappa shape index (κ1) is 7.56. The molecule has 2 heteroatoms. The maximum Gasteiger partial charge on any atom is 0.0309 e. The molecule has 0 aromatic carbocycles. The number of nitrogens with two attached hydrogens (primary N) is 1. The van der Waals surface area contributed by atoms with Crippen LogP contribution in [0.4, 0.5) is 0 Å². The molecule has 11 heavy (non-hydrogen) atoms. The zero-order valence-electron chi connectivity index (χ0n) is 7.27. The molecule has 2 aliphatic rings. The van der Waals surface area contributed by atoms with E-state index >= 15 is 0 Å². The van der Waals surface area contributed by atoms with E-state index in [1.807, 2.05) is 0 Å². The van der Waals surface area contributed by atoms with Gasteiger partial charge in [0.05, 0.1) is 0 Å². The molecule has 1 saturated carbocycles. The van der Waals surface area contributed by atoms with Crippen LogP contribution in [0.25, 0.3) is 0 Å². The summed E-state index contributed by atoms with van der Waals surface area (Å²) in [7, 11) is 0. The SMILES string of the molecule is CC(N)(C1CC1)C1CCCN1. The lowest BCUT2D eigenvalue weighted by molar-refractivity contribution is 0.307. The number of nitrogens with one attached hydrogen (secondary N) is 1. The fraction of sp³-hybridized carbons (Fsp3) is 1.00. The summed E-state index contributed by atoms with van der Waals surface area (Å²) >= 11 is 0. The molecular formula is C9H18N2. The van der Waals surface area contributed by atoms with Crippen molar-refractivity contribution in [3.05, 3.63) is 0 Å². The van der Waals surface area contributed by atoms with Crippen LogP contribution in [-0.4, -0.2) is 18.1 Å². The highest BCUT2D eigenvalue weighted by molar-refractivity contribution is 5.04. The summed E-state index contributed by atoms with van der Waals surface area (Å²) in [4.78, 5) is 0. The highest BCUT2D eigenvalue weighted by Crippen LogP contribution is 2.41. The first-order valence-electron chi connectivity index (χ1n) is 4.73. The average molecular weight is 154 g/mol. The van der Waals surface area contributed by atoms with Gasteiger partial charge in [-0.15, -0.1) is 0 Å². The van der Waals surface area contributed by atoms with Gasteiger partial charge in [0.2, 0.25) is 0 Å². The maximum atomic E-state index is 6.26. The average Bonchev–Trinajstić information content (AvgIpc) is 2.66. The number of hydrogen-bond acceptors (Lipinski definition) is 2. The molecule has 0 aromatic rings. The Bertz CT molecular complexity index is 144. The molecule has 3 N–H and O–H groups in total. The van der Waals surface area contributed by atoms with Gasteiger partial charge in [0.15, 0.2) is 0 Å². The zero-order valence-corrected chi connectivity index (χ0v) is 7.27. The molecule has 2 atom stereocenters. The van der Waals surface area contributed by atoms with Gasteiger partial charge >= 0.3 is 0 Å². The minimum atomic E-state index is 0.0799. The van der Waals surface area contributed by atoms with Crippen LogP contribution in [-0.2, 0) is 0 Å². The van der Waals surface area contributed by atoms with Crippen LogP contribution in [0.3, 0.4) is 0 Å². The van der Waals surface area contributed by atoms with Crippen LogP contribution in [0.5, 0.6) is 0 Å². The summed E-state index contributed by atoms with van der Waals surface area (Å²) in [6.07, 6.45) is 5.30. The van der Waals surface area contributed by atoms with Gasteiger partial charge in [0.25, 0.3) is 0 Å². The van der Waals surface area contributed by atoms with Crippen molar-refractivity contribution in [2.75, 3.05) is 6.54 Å². The second-order valence-corrected chi connectivity index (χ2v) is 4.29. The van der Waals surface area contributed by atoms with E-state index in [0.29, 0.717) is 6.04 Å². The Balaban J connectivity index is 1.99. The van der Waals surface area contributed by atoms with E-state index in [9.17, 15) is 0 Å². The molecule has 2 unspecified atom stereocenters. The highest BCUT2D eigenvalue weighted by Gasteiger charge is 2.44. The normalized spacial score (nSPS) is 37.1. The molecule has 2 nitrogen and oxygen atoms in total. The fourth-order valence-corrected chi connectivity index (χ4v) is 2.21. The highest BCUT2D eigenvalue weighted by atomic mass is 15.0. The Morgan fingerprint density at radius 1 is 1.36 bits per heavy atom. The Morgan fingerprint density at radius 2 is 2.09 bits per heavy atom. The smallest absolute Gasteiger partial charge is 0.0309 e. The molecule has 64 valence electrons. The largest absolute Gasteiger partial charge is 0.324 e. The third-order valence-corrected chi connectivity index (χ3v) is 3.27. The van der Waals surface area contributed by atoms with E-state index < -0.39 is 0 Å². The monoisotopic (exact) mass is 154 g/mol. The van der Waals surface area contributed by atoms with Crippen molar-refractivity contribution in [2.45, 2.75) is 44.2 Å². The van der Waals surface area contributed by atoms with E-state index in [2.05, 4.69) is 12.2 Å². The van der Waals surface area contributed by atoms with Crippen LogP contribution in [0.1, 0.15) is 32.6 Å². The fourth-order valence-electron chi connectivity index (χ4n) is 2.21. The van der Waals surface area contributed by atoms with Crippen molar-refractivity contribution < 1.29 is 0 Å². The molecule has 1 saturated heterocycles. The van der Waals surface area contributed by atoms with E-state index in [4.69, 9.17) is 5.73 Å². The van der Waals surface area contributed by atoms with E-state index in [-0.39, 0.29) is 5.54 Å². The second kappa shape index (κ2) is 2.46. The molecule has 0 radical (unpaired) electrons. The van der Waals surface area contributed by atoms with E-state index in [1.165, 1.54) is 32.2 Å². The molecule has 2 rings (SSSR count). The van der Waals surface area contributed by atoms with Gasteiger partial charge in [0.1, 0.15) is 0 Å². The topological polar surface area (TPSA) is 38.0 Å². The Kier molecular flexibility index (Phi) is 1.69. The molecule has 1 heterocycles. The van der Waals surface area contributed by atoms with Crippen molar-refractivity contribution in [2.24, 2.45) is 11.7 Å². The Hall–Kier alpha value is -0.0800. The zero-order chi connectivity index (χ0) is 7.90. The van der Waals surface area contributed by atoms with Crippen LogP contribution in [0, 0.1) is 5.92 Å². The molecule has 2 fully saturated rings. The van der Waals surface area contributed by atoms with E-state index in [1.54, 1.807) is 0 Å². The summed E-state index contributed by atoms with van der Waals surface area (Å²) in [5.74, 6) is 0.804. The first-order valence-corrected chi connectivity index (χ1v) is 4.73. The predicted molar refractivity (Wildman–Crippen MR) is 46.3 cm³/mol. The van der Waals surface area contributed by atoms with Crippen molar-refractivity contribution in [1.29, 1.82) is 0 Å². The molecule has 1 aliphatic heterocycles. The predicted octanol–water partition coefficient (Wildman–Crippen LogP) is 0.866. The van der Waals surface area contributed by atoms with Gasteiger partial charge in [-0.25, -0.2) is 0 Å². The van der Waals surface area contributed by atoms with Gasteiger partial charge in [-0.3, -0.25) is 0 Å². The third kappa shape index (κ3) is 1.30. The third-order valence-electron chi connectivity index (χ3n) is 3.27. The Morgan fingerprint density at radius 3 is 2.55 bits per heavy atom. The molecule has 0 aromatic heterocycles. The van der Waals surface area contributed by atoms with Crippen LogP contribution >= 0.6 is 0 Å². The van der Waals surface area contributed by atoms with Crippen molar-refractivity contribution in [1.82, 2.24) is 5.32 Å². The van der Waals surface area contributed by atoms with Crippen molar-refractivity contribution >= 4 is 0 Å². The van der Waals surface area contributed by atoms with Crippen LogP contribution < -0.4 is 11.1 Å². The maximum absolute atomic E-state index is 6.26. The minimum Gasteiger partial charge on any atom is -0.324 e. The molecule has 0 bridgehead atoms. The lowest BCUT2D eigenvalue weighted by atomic mass is 9.87. The van der Waals surface area contributed by atoms with Gasteiger partial charge in [-0.1, -0.05) is 0 Å². The Labute approximate surface area is 68.5 Å². The lowest BCUT2D eigenvalue weighted by Gasteiger charge is -2.31. The number of hydrogen-bond donors (Lipinski definition) is 2. The van der Waals surface area contributed by atoms with Gasteiger partial charge < -0.3 is 11.1 Å². The summed E-state index contributed by atoms with van der Waals surface area (Å²) in [6.45, 7) is 3.39. The summed E-state index contributed by atoms with van der Waals surface area (Å²) < 4.78 is 0. The van der Waals surface area contributed by atoms with Crippen LogP contribution in [0.2, 0.25) is 0 Å². The molecular weight excluding hydrogens is 136 g/mol. The van der Waals surface area contributed by atoms with Gasteiger partial charge in [-0.2, -0.15) is 0 Å². The molecule has 0 amide bonds. The van der Waals surface area contributed by atoms with Crippen molar-refractivity contribution in [3.8, 4) is 0 Å². The minimum absolute atomic E-state index is 0.0799. The first-order chi connectivity index (χ1) is 5.21. The van der Waals surface area contributed by atoms with E-state index in [0.717, 1.165) is 5.92 Å². The number of rotatable bonds is 2. The standard InChI is InChI=1S/C9H18N2/c1-9(10,7-4-5-7)8-3-2-6-11-8/h7-8,11H,2-6,10H2,1H3. The molecule has 1 aliphatic carbocycles. The molecule has 0 spiro atoms. The summed E-state index contributed by atoms with van der Waals surface area (Å²) in [6, 6.07) is 0.593. The van der Waals surface area contributed by atoms with Crippen LogP contribution in [0.15, 0.2) is 0 Å². The van der Waals surface area contributed by atoms with Gasteiger partial charge in [-0.05, 0) is 45.1 Å². The second-order valence-electron chi connectivity index (χ2n) is 4.29.